The molecule has 7 heteroatoms. The van der Waals surface area contributed by atoms with Crippen molar-refractivity contribution in [3.63, 3.8) is 0 Å². The highest BCUT2D eigenvalue weighted by molar-refractivity contribution is 6.42. The van der Waals surface area contributed by atoms with Crippen LogP contribution in [-0.4, -0.2) is 11.2 Å². The predicted molar refractivity (Wildman–Crippen MR) is 108 cm³/mol. The van der Waals surface area contributed by atoms with Gasteiger partial charge in [0.1, 0.15) is 17.5 Å². The van der Waals surface area contributed by atoms with Crippen molar-refractivity contribution in [2.45, 2.75) is 6.61 Å². The minimum Gasteiger partial charge on any atom is -0.489 e. The van der Waals surface area contributed by atoms with Crippen LogP contribution in [0.5, 0.6) is 5.75 Å². The van der Waals surface area contributed by atoms with Gasteiger partial charge in [0.25, 0.3) is 0 Å². The monoisotopic (exact) mass is 405 g/mol. The Labute approximate surface area is 166 Å². The third-order valence-corrected chi connectivity index (χ3v) is 4.34. The Balaban J connectivity index is 1.63. The van der Waals surface area contributed by atoms with E-state index in [1.165, 1.54) is 6.07 Å². The standard InChI is InChI=1S/C19H14Cl3N3O/c20-16-10-17(21)19(24-18(16)22)25-23-11-14-7-4-8-15(9-14)26-12-13-5-2-1-3-6-13/h1-11H,12H2,(H,24,25). The number of ether oxygens (including phenoxy) is 1. The molecule has 0 aliphatic rings. The molecule has 0 atom stereocenters. The maximum atomic E-state index is 6.05. The van der Waals surface area contributed by atoms with Crippen molar-refractivity contribution in [2.75, 3.05) is 5.43 Å². The molecule has 0 fully saturated rings. The van der Waals surface area contributed by atoms with Gasteiger partial charge in [-0.3, -0.25) is 5.43 Å². The van der Waals surface area contributed by atoms with Crippen LogP contribution < -0.4 is 10.2 Å². The average molecular weight is 407 g/mol. The minimum atomic E-state index is 0.157. The molecule has 1 aromatic heterocycles. The third kappa shape index (κ3) is 5.11. The summed E-state index contributed by atoms with van der Waals surface area (Å²) < 4.78 is 5.80. The topological polar surface area (TPSA) is 46.5 Å². The van der Waals surface area contributed by atoms with E-state index in [-0.39, 0.29) is 10.2 Å². The number of nitrogens with zero attached hydrogens (tertiary/aromatic N) is 2. The Hall–Kier alpha value is -2.27. The highest BCUT2D eigenvalue weighted by Gasteiger charge is 2.06. The highest BCUT2D eigenvalue weighted by Crippen LogP contribution is 2.28. The lowest BCUT2D eigenvalue weighted by Gasteiger charge is -2.07. The largest absolute Gasteiger partial charge is 0.489 e. The SMILES string of the molecule is Clc1cc(Cl)c(NN=Cc2cccc(OCc3ccccc3)c2)nc1Cl. The number of rotatable bonds is 6. The van der Waals surface area contributed by atoms with Crippen LogP contribution in [0, 0.1) is 0 Å². The van der Waals surface area contributed by atoms with E-state index in [0.717, 1.165) is 16.9 Å². The van der Waals surface area contributed by atoms with Gasteiger partial charge < -0.3 is 4.74 Å². The van der Waals surface area contributed by atoms with E-state index < -0.39 is 0 Å². The maximum Gasteiger partial charge on any atom is 0.166 e. The van der Waals surface area contributed by atoms with Crippen molar-refractivity contribution in [2.24, 2.45) is 5.10 Å². The van der Waals surface area contributed by atoms with Crippen LogP contribution in [0.1, 0.15) is 11.1 Å². The molecule has 0 amide bonds. The molecule has 3 rings (SSSR count). The molecule has 2 aromatic carbocycles. The minimum absolute atomic E-state index is 0.157. The summed E-state index contributed by atoms with van der Waals surface area (Å²) in [5, 5.41) is 4.90. The van der Waals surface area contributed by atoms with Gasteiger partial charge in [-0.05, 0) is 29.3 Å². The van der Waals surface area contributed by atoms with Gasteiger partial charge in [-0.25, -0.2) is 4.98 Å². The molecule has 0 radical (unpaired) electrons. The lowest BCUT2D eigenvalue weighted by molar-refractivity contribution is 0.306. The number of hydrogen-bond donors (Lipinski definition) is 1. The van der Waals surface area contributed by atoms with Crippen LogP contribution in [0.4, 0.5) is 5.82 Å². The summed E-state index contributed by atoms with van der Waals surface area (Å²) in [6.45, 7) is 0.502. The van der Waals surface area contributed by atoms with Gasteiger partial charge in [0.2, 0.25) is 0 Å². The molecule has 0 bridgehead atoms. The fourth-order valence-corrected chi connectivity index (χ4v) is 2.66. The Morgan fingerprint density at radius 3 is 2.58 bits per heavy atom. The second-order valence-corrected chi connectivity index (χ2v) is 6.48. The van der Waals surface area contributed by atoms with Crippen molar-refractivity contribution in [1.29, 1.82) is 0 Å². The van der Waals surface area contributed by atoms with E-state index in [1.807, 2.05) is 54.6 Å². The fraction of sp³-hybridized carbons (Fsp3) is 0.0526. The molecular weight excluding hydrogens is 393 g/mol. The molecule has 1 N–H and O–H groups in total. The molecule has 0 aliphatic heterocycles. The summed E-state index contributed by atoms with van der Waals surface area (Å²) in [6.07, 6.45) is 1.63. The fourth-order valence-electron chi connectivity index (χ4n) is 2.12. The van der Waals surface area contributed by atoms with Crippen LogP contribution in [0.3, 0.4) is 0 Å². The van der Waals surface area contributed by atoms with Crippen molar-refractivity contribution in [1.82, 2.24) is 4.98 Å². The molecule has 0 spiro atoms. The van der Waals surface area contributed by atoms with Gasteiger partial charge in [0.15, 0.2) is 5.82 Å². The van der Waals surface area contributed by atoms with E-state index >= 15 is 0 Å². The Bertz CT molecular complexity index is 917. The molecule has 0 aliphatic carbocycles. The van der Waals surface area contributed by atoms with Gasteiger partial charge in [-0.2, -0.15) is 5.10 Å². The van der Waals surface area contributed by atoms with Crippen LogP contribution in [0.15, 0.2) is 65.8 Å². The van der Waals surface area contributed by atoms with Crippen molar-refractivity contribution in [3.05, 3.63) is 87.0 Å². The van der Waals surface area contributed by atoms with Crippen molar-refractivity contribution >= 4 is 46.8 Å². The third-order valence-electron chi connectivity index (χ3n) is 3.38. The number of aromatic nitrogens is 1. The number of hydrazone groups is 1. The summed E-state index contributed by atoms with van der Waals surface area (Å²) in [4.78, 5) is 4.04. The molecule has 0 unspecified atom stereocenters. The Kier molecular flexibility index (Phi) is 6.34. The quantitative estimate of drug-likeness (QED) is 0.307. The lowest BCUT2D eigenvalue weighted by atomic mass is 10.2. The first kappa shape index (κ1) is 18.5. The van der Waals surface area contributed by atoms with Crippen LogP contribution in [-0.2, 0) is 6.61 Å². The summed E-state index contributed by atoms with van der Waals surface area (Å²) in [5.74, 6) is 1.08. The average Bonchev–Trinajstić information content (AvgIpc) is 2.65. The van der Waals surface area contributed by atoms with Crippen molar-refractivity contribution < 1.29 is 4.74 Å². The van der Waals surface area contributed by atoms with E-state index in [9.17, 15) is 0 Å². The molecule has 0 saturated carbocycles. The van der Waals surface area contributed by atoms with E-state index in [1.54, 1.807) is 6.21 Å². The maximum absolute atomic E-state index is 6.05. The first-order chi connectivity index (χ1) is 12.6. The van der Waals surface area contributed by atoms with Gasteiger partial charge in [0, 0.05) is 0 Å². The first-order valence-corrected chi connectivity index (χ1v) is 8.82. The number of anilines is 1. The Morgan fingerprint density at radius 2 is 1.77 bits per heavy atom. The van der Waals surface area contributed by atoms with E-state index in [0.29, 0.717) is 17.4 Å². The smallest absolute Gasteiger partial charge is 0.166 e. The van der Waals surface area contributed by atoms with Crippen LogP contribution >= 0.6 is 34.8 Å². The number of hydrogen-bond acceptors (Lipinski definition) is 4. The number of nitrogens with one attached hydrogen (secondary N) is 1. The molecule has 0 saturated heterocycles. The highest BCUT2D eigenvalue weighted by atomic mass is 35.5. The molecule has 132 valence electrons. The van der Waals surface area contributed by atoms with Gasteiger partial charge in [0.05, 0.1) is 16.3 Å². The van der Waals surface area contributed by atoms with E-state index in [4.69, 9.17) is 39.5 Å². The van der Waals surface area contributed by atoms with Crippen LogP contribution in [0.25, 0.3) is 0 Å². The van der Waals surface area contributed by atoms with Crippen LogP contribution in [0.2, 0.25) is 15.2 Å². The van der Waals surface area contributed by atoms with Gasteiger partial charge in [-0.15, -0.1) is 0 Å². The van der Waals surface area contributed by atoms with Gasteiger partial charge in [-0.1, -0.05) is 77.3 Å². The molecule has 3 aromatic rings. The van der Waals surface area contributed by atoms with E-state index in [2.05, 4.69) is 15.5 Å². The zero-order valence-corrected chi connectivity index (χ0v) is 15.8. The first-order valence-electron chi connectivity index (χ1n) is 7.69. The summed E-state index contributed by atoms with van der Waals surface area (Å²) >= 11 is 17.8. The molecule has 1 heterocycles. The number of benzene rings is 2. The summed E-state index contributed by atoms with van der Waals surface area (Å²) in [7, 11) is 0. The van der Waals surface area contributed by atoms with Gasteiger partial charge >= 0.3 is 0 Å². The van der Waals surface area contributed by atoms with Crippen molar-refractivity contribution in [3.8, 4) is 5.75 Å². The lowest BCUT2D eigenvalue weighted by Crippen LogP contribution is -1.97. The molecular formula is C19H14Cl3N3O. The summed E-state index contributed by atoms with van der Waals surface area (Å²) in [6, 6.07) is 19.1. The predicted octanol–water partition coefficient (Wildman–Crippen LogP) is 6.07. The normalized spacial score (nSPS) is 10.9. The zero-order chi connectivity index (χ0) is 18.4. The molecule has 26 heavy (non-hydrogen) atoms. The summed E-state index contributed by atoms with van der Waals surface area (Å²) in [5.41, 5.74) is 4.71. The number of pyridine rings is 1. The Morgan fingerprint density at radius 1 is 0.962 bits per heavy atom. The zero-order valence-electron chi connectivity index (χ0n) is 13.5. The second-order valence-electron chi connectivity index (χ2n) is 5.31. The molecule has 4 nitrogen and oxygen atoms in total. The second kappa shape index (κ2) is 8.90. The number of halogens is 3.